The molecule has 2 rings (SSSR count). The normalized spacial score (nSPS) is 27.5. The van der Waals surface area contributed by atoms with E-state index in [1.54, 1.807) is 0 Å². The van der Waals surface area contributed by atoms with Crippen molar-refractivity contribution in [3.8, 4) is 0 Å². The van der Waals surface area contributed by atoms with Crippen LogP contribution in [0.15, 0.2) is 30.3 Å². The summed E-state index contributed by atoms with van der Waals surface area (Å²) in [4.78, 5) is 0. The predicted molar refractivity (Wildman–Crippen MR) is 51.7 cm³/mol. The van der Waals surface area contributed by atoms with E-state index in [0.29, 0.717) is 6.61 Å². The highest BCUT2D eigenvalue weighted by Gasteiger charge is 2.23. The molecule has 0 amide bonds. The molecule has 1 N–H and O–H groups in total. The van der Waals surface area contributed by atoms with Crippen LogP contribution in [0.2, 0.25) is 0 Å². The highest BCUT2D eigenvalue weighted by Crippen LogP contribution is 2.25. The average Bonchev–Trinajstić information content (AvgIpc) is 2.30. The lowest BCUT2D eigenvalue weighted by molar-refractivity contribution is -0.224. The minimum absolute atomic E-state index is 0.0622. The molecule has 0 spiro atoms. The second-order valence-corrected chi connectivity index (χ2v) is 3.34. The van der Waals surface area contributed by atoms with Gasteiger partial charge in [0.15, 0.2) is 6.29 Å². The molecule has 0 bridgehead atoms. The molecule has 1 fully saturated rings. The summed E-state index contributed by atoms with van der Waals surface area (Å²) in [6.45, 7) is 0.706. The topological polar surface area (TPSA) is 38.7 Å². The molecule has 1 unspecified atom stereocenters. The van der Waals surface area contributed by atoms with Crippen molar-refractivity contribution in [3.05, 3.63) is 35.9 Å². The van der Waals surface area contributed by atoms with Gasteiger partial charge in [0.05, 0.1) is 19.3 Å². The van der Waals surface area contributed by atoms with Crippen LogP contribution in [-0.2, 0) is 9.47 Å². The van der Waals surface area contributed by atoms with Gasteiger partial charge in [-0.3, -0.25) is 0 Å². The van der Waals surface area contributed by atoms with Crippen LogP contribution in [0, 0.1) is 0 Å². The monoisotopic (exact) mass is 194 g/mol. The van der Waals surface area contributed by atoms with Crippen LogP contribution in [0.25, 0.3) is 0 Å². The van der Waals surface area contributed by atoms with Crippen molar-refractivity contribution in [1.29, 1.82) is 0 Å². The lowest BCUT2D eigenvalue weighted by Gasteiger charge is -2.29. The fraction of sp³-hybridized carbons (Fsp3) is 0.455. The van der Waals surface area contributed by atoms with Crippen LogP contribution in [0.5, 0.6) is 0 Å². The minimum Gasteiger partial charge on any atom is -0.394 e. The van der Waals surface area contributed by atoms with E-state index >= 15 is 0 Å². The van der Waals surface area contributed by atoms with Crippen molar-refractivity contribution in [2.24, 2.45) is 0 Å². The van der Waals surface area contributed by atoms with Crippen molar-refractivity contribution in [1.82, 2.24) is 0 Å². The van der Waals surface area contributed by atoms with E-state index in [4.69, 9.17) is 14.6 Å². The van der Waals surface area contributed by atoms with Crippen LogP contribution in [0.4, 0.5) is 0 Å². The van der Waals surface area contributed by atoms with E-state index in [2.05, 4.69) is 0 Å². The maximum absolute atomic E-state index is 8.98. The molecule has 2 atom stereocenters. The smallest absolute Gasteiger partial charge is 0.184 e. The first-order valence-electron chi connectivity index (χ1n) is 4.83. The van der Waals surface area contributed by atoms with Gasteiger partial charge in [0, 0.05) is 5.56 Å². The van der Waals surface area contributed by atoms with Gasteiger partial charge in [-0.15, -0.1) is 0 Å². The third kappa shape index (κ3) is 2.12. The number of rotatable bonds is 2. The summed E-state index contributed by atoms with van der Waals surface area (Å²) in [5, 5.41) is 8.98. The maximum Gasteiger partial charge on any atom is 0.184 e. The van der Waals surface area contributed by atoms with Crippen LogP contribution >= 0.6 is 0 Å². The molecule has 1 aromatic carbocycles. The molecule has 1 aromatic rings. The molecule has 14 heavy (non-hydrogen) atoms. The quantitative estimate of drug-likeness (QED) is 0.775. The number of aliphatic hydroxyl groups excluding tert-OH is 1. The Kier molecular flexibility index (Phi) is 3.14. The number of hydrogen-bond acceptors (Lipinski definition) is 3. The lowest BCUT2D eigenvalue weighted by Crippen LogP contribution is -2.29. The second kappa shape index (κ2) is 4.55. The highest BCUT2D eigenvalue weighted by atomic mass is 16.7. The minimum atomic E-state index is -0.318. The highest BCUT2D eigenvalue weighted by molar-refractivity contribution is 5.16. The van der Waals surface area contributed by atoms with E-state index < -0.39 is 0 Å². The molecule has 0 radical (unpaired) electrons. The average molecular weight is 194 g/mol. The van der Waals surface area contributed by atoms with Crippen LogP contribution in [-0.4, -0.2) is 24.4 Å². The fourth-order valence-corrected chi connectivity index (χ4v) is 1.51. The summed E-state index contributed by atoms with van der Waals surface area (Å²) in [7, 11) is 0. The SMILES string of the molecule is OC[C@@H]1CCOC(c2ccccc2)O1. The van der Waals surface area contributed by atoms with Gasteiger partial charge < -0.3 is 14.6 Å². The summed E-state index contributed by atoms with van der Waals surface area (Å²) >= 11 is 0. The molecule has 3 nitrogen and oxygen atoms in total. The molecule has 1 aliphatic heterocycles. The Bertz CT molecular complexity index is 273. The predicted octanol–water partition coefficient (Wildman–Crippen LogP) is 1.48. The molecule has 0 aliphatic carbocycles. The van der Waals surface area contributed by atoms with E-state index in [-0.39, 0.29) is 19.0 Å². The number of benzene rings is 1. The first kappa shape index (κ1) is 9.65. The third-order valence-corrected chi connectivity index (χ3v) is 2.30. The summed E-state index contributed by atoms with van der Waals surface area (Å²) in [5.74, 6) is 0. The fourth-order valence-electron chi connectivity index (χ4n) is 1.51. The van der Waals surface area contributed by atoms with Crippen molar-refractivity contribution < 1.29 is 14.6 Å². The number of ether oxygens (including phenoxy) is 2. The summed E-state index contributed by atoms with van der Waals surface area (Å²) in [6.07, 6.45) is 0.357. The number of aliphatic hydroxyl groups is 1. The zero-order valence-corrected chi connectivity index (χ0v) is 7.93. The molecule has 0 saturated carbocycles. The first-order chi connectivity index (χ1) is 6.90. The zero-order chi connectivity index (χ0) is 9.80. The molecule has 76 valence electrons. The van der Waals surface area contributed by atoms with Gasteiger partial charge in [-0.25, -0.2) is 0 Å². The Morgan fingerprint density at radius 2 is 2.07 bits per heavy atom. The van der Waals surface area contributed by atoms with Crippen LogP contribution in [0.3, 0.4) is 0 Å². The van der Waals surface area contributed by atoms with Gasteiger partial charge in [-0.1, -0.05) is 30.3 Å². The van der Waals surface area contributed by atoms with Crippen LogP contribution < -0.4 is 0 Å². The van der Waals surface area contributed by atoms with Crippen molar-refractivity contribution in [2.45, 2.75) is 18.8 Å². The van der Waals surface area contributed by atoms with Gasteiger partial charge in [-0.2, -0.15) is 0 Å². The Hall–Kier alpha value is -0.900. The van der Waals surface area contributed by atoms with Crippen molar-refractivity contribution in [2.75, 3.05) is 13.2 Å². The molecule has 1 aliphatic rings. The largest absolute Gasteiger partial charge is 0.394 e. The van der Waals surface area contributed by atoms with Gasteiger partial charge in [-0.05, 0) is 6.42 Å². The molecular formula is C11H14O3. The molecule has 0 aromatic heterocycles. The third-order valence-electron chi connectivity index (χ3n) is 2.30. The van der Waals surface area contributed by atoms with Gasteiger partial charge in [0.25, 0.3) is 0 Å². The molecule has 1 heterocycles. The van der Waals surface area contributed by atoms with E-state index in [9.17, 15) is 0 Å². The summed E-state index contributed by atoms with van der Waals surface area (Å²) in [6, 6.07) is 9.78. The van der Waals surface area contributed by atoms with E-state index in [1.165, 1.54) is 0 Å². The Labute approximate surface area is 83.3 Å². The second-order valence-electron chi connectivity index (χ2n) is 3.34. The van der Waals surface area contributed by atoms with Gasteiger partial charge >= 0.3 is 0 Å². The van der Waals surface area contributed by atoms with E-state index in [1.807, 2.05) is 30.3 Å². The standard InChI is InChI=1S/C11H14O3/c12-8-10-6-7-13-11(14-10)9-4-2-1-3-5-9/h1-5,10-12H,6-8H2/t10-,11?/m0/s1. The maximum atomic E-state index is 8.98. The first-order valence-corrected chi connectivity index (χ1v) is 4.83. The van der Waals surface area contributed by atoms with Gasteiger partial charge in [0.1, 0.15) is 0 Å². The Morgan fingerprint density at radius 1 is 1.29 bits per heavy atom. The Morgan fingerprint density at radius 3 is 2.79 bits per heavy atom. The summed E-state index contributed by atoms with van der Waals surface area (Å²) in [5.41, 5.74) is 1.01. The number of hydrogen-bond donors (Lipinski definition) is 1. The lowest BCUT2D eigenvalue weighted by atomic mass is 10.2. The van der Waals surface area contributed by atoms with E-state index in [0.717, 1.165) is 12.0 Å². The van der Waals surface area contributed by atoms with Crippen LogP contribution in [0.1, 0.15) is 18.3 Å². The molecule has 3 heteroatoms. The zero-order valence-electron chi connectivity index (χ0n) is 7.93. The van der Waals surface area contributed by atoms with Gasteiger partial charge in [0.2, 0.25) is 0 Å². The summed E-state index contributed by atoms with van der Waals surface area (Å²) < 4.78 is 11.0. The van der Waals surface area contributed by atoms with Crippen molar-refractivity contribution in [3.63, 3.8) is 0 Å². The molecular weight excluding hydrogens is 180 g/mol. The molecule has 1 saturated heterocycles. The Balaban J connectivity index is 2.04. The van der Waals surface area contributed by atoms with Crippen molar-refractivity contribution >= 4 is 0 Å².